The number of hydrogen-bond donors (Lipinski definition) is 3. The predicted molar refractivity (Wildman–Crippen MR) is 166 cm³/mol. The molecule has 0 atom stereocenters. The van der Waals surface area contributed by atoms with Crippen molar-refractivity contribution in [2.24, 2.45) is 5.92 Å². The van der Waals surface area contributed by atoms with Gasteiger partial charge in [-0.1, -0.05) is 31.6 Å². The number of pyridine rings is 1. The van der Waals surface area contributed by atoms with E-state index in [0.717, 1.165) is 83.8 Å². The van der Waals surface area contributed by atoms with Crippen LogP contribution in [0.25, 0.3) is 40.0 Å². The Balaban J connectivity index is 1.28. The Kier molecular flexibility index (Phi) is 7.84. The largest absolute Gasteiger partial charge is 0.368 e. The van der Waals surface area contributed by atoms with Gasteiger partial charge in [-0.2, -0.15) is 5.10 Å². The number of piperazine rings is 1. The first-order valence-corrected chi connectivity index (χ1v) is 14.7. The molecule has 1 saturated heterocycles. The Labute approximate surface area is 236 Å². The van der Waals surface area contributed by atoms with E-state index in [4.69, 9.17) is 5.10 Å². The molecule has 6 rings (SSSR count). The summed E-state index contributed by atoms with van der Waals surface area (Å²) >= 11 is 0. The number of benzene rings is 1. The van der Waals surface area contributed by atoms with Gasteiger partial charge in [0.15, 0.2) is 0 Å². The summed E-state index contributed by atoms with van der Waals surface area (Å²) in [5, 5.41) is 14.9. The van der Waals surface area contributed by atoms with Gasteiger partial charge in [-0.05, 0) is 86.3 Å². The van der Waals surface area contributed by atoms with Gasteiger partial charge in [0, 0.05) is 66.9 Å². The van der Waals surface area contributed by atoms with Crippen LogP contribution in [-0.2, 0) is 6.54 Å². The summed E-state index contributed by atoms with van der Waals surface area (Å²) in [6, 6.07) is 11.0. The standard InChI is InChI=1S/C33H41N7/c1-4-29-28(16-23(2)26-17-25(21-35-22-26)20-34-19-24-8-5-6-9-24)33(38-37-29)31-18-27-30(36-31)10-7-11-32(27)40-14-12-39(3)13-15-40/h4,7,10-11,16-18,21-22,24,34,36-37H,2,5-6,8-9,12-15,19-20H2,1,3H3/b28-16+,29-4+. The molecule has 0 spiro atoms. The molecule has 0 unspecified atom stereocenters. The lowest BCUT2D eigenvalue weighted by Crippen LogP contribution is -2.44. The summed E-state index contributed by atoms with van der Waals surface area (Å²) in [6.45, 7) is 12.6. The number of aromatic amines is 2. The maximum Gasteiger partial charge on any atom is 0.116 e. The van der Waals surface area contributed by atoms with Crippen molar-refractivity contribution in [2.75, 3.05) is 44.7 Å². The van der Waals surface area contributed by atoms with Gasteiger partial charge in [-0.25, -0.2) is 0 Å². The summed E-state index contributed by atoms with van der Waals surface area (Å²) in [4.78, 5) is 13.1. The quantitative estimate of drug-likeness (QED) is 0.314. The van der Waals surface area contributed by atoms with Crippen LogP contribution in [0.5, 0.6) is 0 Å². The summed E-state index contributed by atoms with van der Waals surface area (Å²) in [5.41, 5.74) is 7.45. The lowest BCUT2D eigenvalue weighted by Gasteiger charge is -2.34. The zero-order chi connectivity index (χ0) is 27.5. The first-order chi connectivity index (χ1) is 19.6. The second-order valence-electron chi connectivity index (χ2n) is 11.4. The molecule has 4 aromatic rings. The van der Waals surface area contributed by atoms with Crippen LogP contribution in [0.4, 0.5) is 5.69 Å². The van der Waals surface area contributed by atoms with Gasteiger partial charge >= 0.3 is 0 Å². The Bertz CT molecular complexity index is 1600. The molecule has 1 aliphatic heterocycles. The molecule has 3 aromatic heterocycles. The molecular weight excluding hydrogens is 494 g/mol. The van der Waals surface area contributed by atoms with E-state index in [0.29, 0.717) is 0 Å². The van der Waals surface area contributed by atoms with Crippen molar-refractivity contribution in [3.8, 4) is 11.4 Å². The topological polar surface area (TPSA) is 75.9 Å². The van der Waals surface area contributed by atoms with Crippen molar-refractivity contribution >= 4 is 34.3 Å². The molecular formula is C33H41N7. The maximum atomic E-state index is 4.74. The third-order valence-electron chi connectivity index (χ3n) is 8.58. The minimum Gasteiger partial charge on any atom is -0.368 e. The smallest absolute Gasteiger partial charge is 0.116 e. The van der Waals surface area contributed by atoms with E-state index in [1.54, 1.807) is 0 Å². The number of fused-ring (bicyclic) bond motifs is 1. The molecule has 4 heterocycles. The zero-order valence-corrected chi connectivity index (χ0v) is 23.8. The van der Waals surface area contributed by atoms with Gasteiger partial charge < -0.3 is 20.1 Å². The van der Waals surface area contributed by atoms with Gasteiger partial charge in [0.1, 0.15) is 5.69 Å². The number of rotatable bonds is 8. The van der Waals surface area contributed by atoms with Crippen molar-refractivity contribution in [1.29, 1.82) is 0 Å². The van der Waals surface area contributed by atoms with Gasteiger partial charge in [-0.3, -0.25) is 10.1 Å². The highest BCUT2D eigenvalue weighted by Crippen LogP contribution is 2.31. The number of anilines is 1. The monoisotopic (exact) mass is 535 g/mol. The second kappa shape index (κ2) is 11.8. The average molecular weight is 536 g/mol. The molecule has 7 nitrogen and oxygen atoms in total. The van der Waals surface area contributed by atoms with Crippen molar-refractivity contribution in [2.45, 2.75) is 39.2 Å². The van der Waals surface area contributed by atoms with Crippen LogP contribution in [-0.4, -0.2) is 64.8 Å². The molecule has 3 N–H and O–H groups in total. The zero-order valence-electron chi connectivity index (χ0n) is 23.8. The number of nitrogens with one attached hydrogen (secondary N) is 3. The van der Waals surface area contributed by atoms with Gasteiger partial charge in [0.2, 0.25) is 0 Å². The number of likely N-dealkylation sites (N-methyl/N-ethyl adjacent to an activating group) is 1. The number of aromatic nitrogens is 4. The van der Waals surface area contributed by atoms with E-state index in [1.807, 2.05) is 19.3 Å². The highest BCUT2D eigenvalue weighted by atomic mass is 15.2. The molecule has 1 aromatic carbocycles. The highest BCUT2D eigenvalue weighted by Gasteiger charge is 2.18. The molecule has 40 heavy (non-hydrogen) atoms. The average Bonchev–Trinajstić information content (AvgIpc) is 3.73. The lowest BCUT2D eigenvalue weighted by molar-refractivity contribution is 0.313. The number of allylic oxidation sites excluding steroid dienone is 1. The molecule has 0 amide bonds. The van der Waals surface area contributed by atoms with Gasteiger partial charge in [0.05, 0.1) is 11.0 Å². The van der Waals surface area contributed by atoms with Crippen molar-refractivity contribution in [1.82, 2.24) is 30.4 Å². The van der Waals surface area contributed by atoms with E-state index < -0.39 is 0 Å². The van der Waals surface area contributed by atoms with Crippen molar-refractivity contribution < 1.29 is 0 Å². The molecule has 2 fully saturated rings. The maximum absolute atomic E-state index is 4.74. The van der Waals surface area contributed by atoms with E-state index in [1.165, 1.54) is 42.3 Å². The Hall–Kier alpha value is -3.68. The first kappa shape index (κ1) is 26.5. The molecule has 0 bridgehead atoms. The van der Waals surface area contributed by atoms with Crippen molar-refractivity contribution in [3.63, 3.8) is 0 Å². The molecule has 208 valence electrons. The lowest BCUT2D eigenvalue weighted by atomic mass is 10.1. The predicted octanol–water partition coefficient (Wildman–Crippen LogP) is 4.28. The van der Waals surface area contributed by atoms with Crippen LogP contribution >= 0.6 is 0 Å². The fourth-order valence-corrected chi connectivity index (χ4v) is 6.18. The molecule has 1 saturated carbocycles. The third-order valence-corrected chi connectivity index (χ3v) is 8.58. The van der Waals surface area contributed by atoms with Gasteiger partial charge in [-0.15, -0.1) is 0 Å². The molecule has 1 aliphatic carbocycles. The normalized spacial score (nSPS) is 17.9. The molecule has 7 heteroatoms. The minimum atomic E-state index is 0.824. The van der Waals surface area contributed by atoms with Crippen LogP contribution in [0.15, 0.2) is 49.3 Å². The van der Waals surface area contributed by atoms with E-state index in [-0.39, 0.29) is 0 Å². The highest BCUT2D eigenvalue weighted by molar-refractivity contribution is 5.96. The van der Waals surface area contributed by atoms with Gasteiger partial charge in [0.25, 0.3) is 0 Å². The van der Waals surface area contributed by atoms with Crippen LogP contribution in [0.3, 0.4) is 0 Å². The molecule has 0 radical (unpaired) electrons. The van der Waals surface area contributed by atoms with Crippen molar-refractivity contribution in [3.05, 3.63) is 71.0 Å². The summed E-state index contributed by atoms with van der Waals surface area (Å²) in [5.74, 6) is 0.824. The Morgan fingerprint density at radius 2 is 1.95 bits per heavy atom. The fourth-order valence-electron chi connectivity index (χ4n) is 6.18. The van der Waals surface area contributed by atoms with Crippen LogP contribution < -0.4 is 20.8 Å². The minimum absolute atomic E-state index is 0.824. The third kappa shape index (κ3) is 5.62. The van der Waals surface area contributed by atoms with E-state index >= 15 is 0 Å². The Morgan fingerprint density at radius 3 is 2.75 bits per heavy atom. The first-order valence-electron chi connectivity index (χ1n) is 14.7. The van der Waals surface area contributed by atoms with Crippen LogP contribution in [0.1, 0.15) is 43.7 Å². The second-order valence-corrected chi connectivity index (χ2v) is 11.4. The van der Waals surface area contributed by atoms with Crippen LogP contribution in [0, 0.1) is 5.92 Å². The summed E-state index contributed by atoms with van der Waals surface area (Å²) < 4.78 is 0. The van der Waals surface area contributed by atoms with E-state index in [9.17, 15) is 0 Å². The number of nitrogens with zero attached hydrogens (tertiary/aromatic N) is 4. The fraction of sp³-hybridized carbons (Fsp3) is 0.394. The van der Waals surface area contributed by atoms with Crippen LogP contribution in [0.2, 0.25) is 0 Å². The SMILES string of the molecule is C=C(/C=c1/c(-c2cc3c(N4CCN(C)CC4)cccc3[nH]2)n[nH]/c1=C/C)c1cncc(CNCC2CCCC2)c1. The Morgan fingerprint density at radius 1 is 1.12 bits per heavy atom. The molecule has 2 aliphatic rings. The van der Waals surface area contributed by atoms with E-state index in [2.05, 4.69) is 86.3 Å². The summed E-state index contributed by atoms with van der Waals surface area (Å²) in [6.07, 6.45) is 13.5. The number of H-pyrrole nitrogens is 2. The number of hydrogen-bond acceptors (Lipinski definition) is 5. The summed E-state index contributed by atoms with van der Waals surface area (Å²) in [7, 11) is 2.19.